The summed E-state index contributed by atoms with van der Waals surface area (Å²) in [5.41, 5.74) is 2.19. The van der Waals surface area contributed by atoms with Gasteiger partial charge >= 0.3 is 0 Å². The molecule has 2 aromatic rings. The molecule has 2 aromatic carbocycles. The highest BCUT2D eigenvalue weighted by Crippen LogP contribution is 2.40. The molecule has 0 bridgehead atoms. The van der Waals surface area contributed by atoms with Crippen LogP contribution in [-0.4, -0.2) is 35.3 Å². The second-order valence-corrected chi connectivity index (χ2v) is 6.38. The lowest BCUT2D eigenvalue weighted by atomic mass is 9.96. The van der Waals surface area contributed by atoms with Crippen LogP contribution in [0.4, 0.5) is 0 Å². The minimum atomic E-state index is -0.417. The van der Waals surface area contributed by atoms with Gasteiger partial charge in [0, 0.05) is 29.7 Å². The lowest BCUT2D eigenvalue weighted by Crippen LogP contribution is -2.08. The monoisotopic (exact) mass is 372 g/mol. The Balaban J connectivity index is 2.50. The highest BCUT2D eigenvalue weighted by Gasteiger charge is 2.22. The Kier molecular flexibility index (Phi) is 6.34. The van der Waals surface area contributed by atoms with Crippen LogP contribution in [0.3, 0.4) is 0 Å². The van der Waals surface area contributed by atoms with Gasteiger partial charge in [0.05, 0.1) is 19.8 Å². The zero-order valence-electron chi connectivity index (χ0n) is 15.9. The fraction of sp³-hybridized carbons (Fsp3) is 0.286. The second-order valence-electron chi connectivity index (χ2n) is 6.38. The molecule has 0 fully saturated rings. The lowest BCUT2D eigenvalue weighted by molar-refractivity contribution is 0.0988. The van der Waals surface area contributed by atoms with Crippen molar-refractivity contribution in [1.82, 2.24) is 0 Å². The largest absolute Gasteiger partial charge is 0.508 e. The Morgan fingerprint density at radius 1 is 1.00 bits per heavy atom. The van der Waals surface area contributed by atoms with Crippen molar-refractivity contribution in [2.24, 2.45) is 0 Å². The highest BCUT2D eigenvalue weighted by atomic mass is 16.5. The molecular formula is C21H24O6. The minimum absolute atomic E-state index is 0.0518. The molecule has 0 aliphatic carbocycles. The molecule has 0 radical (unpaired) electrons. The maximum atomic E-state index is 12.6. The maximum Gasteiger partial charge on any atom is 0.171 e. The van der Waals surface area contributed by atoms with Gasteiger partial charge in [0.25, 0.3) is 0 Å². The van der Waals surface area contributed by atoms with Crippen LogP contribution in [0.2, 0.25) is 0 Å². The molecule has 0 saturated carbocycles. The summed E-state index contributed by atoms with van der Waals surface area (Å²) in [6.07, 6.45) is 2.33. The molecule has 0 unspecified atom stereocenters. The summed E-state index contributed by atoms with van der Waals surface area (Å²) in [5, 5.41) is 29.7. The van der Waals surface area contributed by atoms with Gasteiger partial charge < -0.3 is 24.8 Å². The van der Waals surface area contributed by atoms with Crippen molar-refractivity contribution in [2.45, 2.75) is 26.7 Å². The summed E-state index contributed by atoms with van der Waals surface area (Å²) in [6.45, 7) is 3.94. The first-order chi connectivity index (χ1) is 12.8. The fourth-order valence-electron chi connectivity index (χ4n) is 2.82. The van der Waals surface area contributed by atoms with Gasteiger partial charge in [-0.2, -0.15) is 0 Å². The average molecular weight is 372 g/mol. The summed E-state index contributed by atoms with van der Waals surface area (Å²) in [6, 6.07) is 5.21. The van der Waals surface area contributed by atoms with E-state index < -0.39 is 5.78 Å². The number of methoxy groups -OCH3 is 2. The molecule has 6 heteroatoms. The van der Waals surface area contributed by atoms with E-state index in [-0.39, 0.29) is 29.2 Å². The number of ketones is 1. The number of ether oxygens (including phenoxy) is 2. The maximum absolute atomic E-state index is 12.6. The molecule has 2 rings (SSSR count). The number of Topliss-reactive ketones (excluding diaryl/α,β-unsaturated/α-hetero) is 1. The van der Waals surface area contributed by atoms with Crippen LogP contribution >= 0.6 is 0 Å². The number of benzene rings is 2. The zero-order valence-corrected chi connectivity index (χ0v) is 15.9. The van der Waals surface area contributed by atoms with Crippen LogP contribution in [0, 0.1) is 0 Å². The van der Waals surface area contributed by atoms with Crippen LogP contribution in [0.5, 0.6) is 28.7 Å². The van der Waals surface area contributed by atoms with Crippen molar-refractivity contribution in [2.75, 3.05) is 14.2 Å². The molecule has 0 amide bonds. The number of carbonyl (C=O) groups is 1. The van der Waals surface area contributed by atoms with E-state index in [4.69, 9.17) is 9.47 Å². The summed E-state index contributed by atoms with van der Waals surface area (Å²) in [7, 11) is 2.96. The van der Waals surface area contributed by atoms with Gasteiger partial charge in [-0.3, -0.25) is 4.79 Å². The van der Waals surface area contributed by atoms with Crippen molar-refractivity contribution < 1.29 is 29.6 Å². The zero-order chi connectivity index (χ0) is 20.1. The van der Waals surface area contributed by atoms with E-state index in [0.717, 1.165) is 17.2 Å². The van der Waals surface area contributed by atoms with Gasteiger partial charge in [-0.1, -0.05) is 11.6 Å². The first kappa shape index (κ1) is 20.2. The van der Waals surface area contributed by atoms with Crippen molar-refractivity contribution in [1.29, 1.82) is 0 Å². The Labute approximate surface area is 158 Å². The van der Waals surface area contributed by atoms with E-state index in [2.05, 4.69) is 0 Å². The molecule has 0 saturated heterocycles. The molecule has 0 spiro atoms. The highest BCUT2D eigenvalue weighted by molar-refractivity contribution is 6.00. The number of hydrogen-bond acceptors (Lipinski definition) is 6. The first-order valence-electron chi connectivity index (χ1n) is 8.42. The third-order valence-electron chi connectivity index (χ3n) is 4.18. The molecule has 3 N–H and O–H groups in total. The molecule has 27 heavy (non-hydrogen) atoms. The van der Waals surface area contributed by atoms with Crippen molar-refractivity contribution in [3.8, 4) is 28.7 Å². The van der Waals surface area contributed by atoms with Gasteiger partial charge in [-0.25, -0.2) is 0 Å². The normalized spacial score (nSPS) is 10.4. The van der Waals surface area contributed by atoms with Gasteiger partial charge in [-0.15, -0.1) is 0 Å². The second kappa shape index (κ2) is 8.49. The molecular weight excluding hydrogens is 348 g/mol. The van der Waals surface area contributed by atoms with E-state index in [1.807, 2.05) is 19.9 Å². The number of phenolic OH excluding ortho intramolecular Hbond substituents is 3. The molecule has 0 atom stereocenters. The predicted molar refractivity (Wildman–Crippen MR) is 102 cm³/mol. The molecule has 6 nitrogen and oxygen atoms in total. The van der Waals surface area contributed by atoms with Gasteiger partial charge in [0.15, 0.2) is 5.78 Å². The van der Waals surface area contributed by atoms with Crippen LogP contribution in [0.15, 0.2) is 35.9 Å². The van der Waals surface area contributed by atoms with Crippen molar-refractivity contribution in [3.63, 3.8) is 0 Å². The number of hydrogen-bond donors (Lipinski definition) is 3. The molecule has 0 heterocycles. The van der Waals surface area contributed by atoms with E-state index in [0.29, 0.717) is 23.5 Å². The molecule has 144 valence electrons. The van der Waals surface area contributed by atoms with E-state index in [9.17, 15) is 20.1 Å². The third-order valence-corrected chi connectivity index (χ3v) is 4.18. The third kappa shape index (κ3) is 4.53. The predicted octanol–water partition coefficient (Wildman–Crippen LogP) is 3.75. The van der Waals surface area contributed by atoms with Gasteiger partial charge in [0.1, 0.15) is 28.7 Å². The van der Waals surface area contributed by atoms with Crippen molar-refractivity contribution in [3.05, 3.63) is 52.6 Å². The number of rotatable bonds is 7. The summed E-state index contributed by atoms with van der Waals surface area (Å²) < 4.78 is 10.9. The van der Waals surface area contributed by atoms with Crippen LogP contribution in [-0.2, 0) is 12.8 Å². The minimum Gasteiger partial charge on any atom is -0.508 e. The quantitative estimate of drug-likeness (QED) is 0.506. The summed E-state index contributed by atoms with van der Waals surface area (Å²) in [5.74, 6) is -0.174. The summed E-state index contributed by atoms with van der Waals surface area (Å²) >= 11 is 0. The molecule has 0 aromatic heterocycles. The Bertz CT molecular complexity index is 879. The SMILES string of the molecule is COc1cc(O)c(CC(=O)c2ccc(O)cc2O)c(OC)c1CC=C(C)C. The molecule has 0 aliphatic heterocycles. The Morgan fingerprint density at radius 2 is 1.70 bits per heavy atom. The Hall–Kier alpha value is -3.15. The lowest BCUT2D eigenvalue weighted by Gasteiger charge is -2.18. The van der Waals surface area contributed by atoms with E-state index >= 15 is 0 Å². The smallest absolute Gasteiger partial charge is 0.171 e. The number of carbonyl (C=O) groups excluding carboxylic acids is 1. The molecule has 0 aliphatic rings. The number of aromatic hydroxyl groups is 3. The number of allylic oxidation sites excluding steroid dienone is 2. The average Bonchev–Trinajstić information content (AvgIpc) is 2.61. The first-order valence-corrected chi connectivity index (χ1v) is 8.42. The van der Waals surface area contributed by atoms with Crippen LogP contribution in [0.25, 0.3) is 0 Å². The van der Waals surface area contributed by atoms with E-state index in [1.54, 1.807) is 0 Å². The van der Waals surface area contributed by atoms with Crippen molar-refractivity contribution >= 4 is 5.78 Å². The van der Waals surface area contributed by atoms with Gasteiger partial charge in [-0.05, 0) is 32.4 Å². The standard InChI is InChI=1S/C21H24O6/c1-12(2)5-7-15-20(26-3)11-19(25)16(21(15)27-4)10-18(24)14-8-6-13(22)9-17(14)23/h5-6,8-9,11,22-23,25H,7,10H2,1-4H3. The van der Waals surface area contributed by atoms with Gasteiger partial charge in [0.2, 0.25) is 0 Å². The van der Waals surface area contributed by atoms with Crippen LogP contribution < -0.4 is 9.47 Å². The Morgan fingerprint density at radius 3 is 2.26 bits per heavy atom. The summed E-state index contributed by atoms with van der Waals surface area (Å²) in [4.78, 5) is 12.6. The number of phenols is 3. The van der Waals surface area contributed by atoms with Crippen LogP contribution in [0.1, 0.15) is 35.3 Å². The fourth-order valence-corrected chi connectivity index (χ4v) is 2.82. The topological polar surface area (TPSA) is 96.2 Å². The van der Waals surface area contributed by atoms with E-state index in [1.165, 1.54) is 32.4 Å².